The molecule has 1 unspecified atom stereocenters. The molecule has 3 aromatic carbocycles. The minimum Gasteiger partial charge on any atom is -0.493 e. The van der Waals surface area contributed by atoms with E-state index in [9.17, 15) is 13.6 Å². The van der Waals surface area contributed by atoms with E-state index in [1.807, 2.05) is 29.2 Å². The number of likely N-dealkylation sites (tertiary alicyclic amines) is 1. The molecule has 0 aliphatic carbocycles. The largest absolute Gasteiger partial charge is 0.493 e. The highest BCUT2D eigenvalue weighted by molar-refractivity contribution is 5.78. The van der Waals surface area contributed by atoms with Gasteiger partial charge in [0.15, 0.2) is 0 Å². The first-order chi connectivity index (χ1) is 18.5. The second kappa shape index (κ2) is 12.4. The summed E-state index contributed by atoms with van der Waals surface area (Å²) in [5, 5.41) is 0. The third-order valence-corrected chi connectivity index (χ3v) is 7.50. The highest BCUT2D eigenvalue weighted by Gasteiger charge is 2.24. The van der Waals surface area contributed by atoms with Crippen molar-refractivity contribution >= 4 is 11.6 Å². The molecule has 2 saturated heterocycles. The average molecular weight is 520 g/mol. The van der Waals surface area contributed by atoms with E-state index < -0.39 is 0 Å². The van der Waals surface area contributed by atoms with Gasteiger partial charge in [0.25, 0.3) is 0 Å². The molecule has 0 saturated carbocycles. The minimum absolute atomic E-state index is 0.0819. The summed E-state index contributed by atoms with van der Waals surface area (Å²) in [7, 11) is 0. The Labute approximate surface area is 223 Å². The van der Waals surface area contributed by atoms with E-state index >= 15 is 0 Å². The number of hydrogen-bond donors (Lipinski definition) is 0. The first-order valence-electron chi connectivity index (χ1n) is 13.5. The van der Waals surface area contributed by atoms with Crippen LogP contribution in [0.5, 0.6) is 5.75 Å². The highest BCUT2D eigenvalue weighted by Crippen LogP contribution is 2.23. The summed E-state index contributed by atoms with van der Waals surface area (Å²) >= 11 is 0. The molecule has 2 heterocycles. The number of nitrogens with zero attached hydrogens (tertiary/aromatic N) is 3. The lowest BCUT2D eigenvalue weighted by atomic mass is 9.98. The van der Waals surface area contributed by atoms with Crippen LogP contribution in [-0.4, -0.2) is 61.6 Å². The Bertz CT molecular complexity index is 1210. The van der Waals surface area contributed by atoms with Gasteiger partial charge in [-0.2, -0.15) is 0 Å². The van der Waals surface area contributed by atoms with E-state index in [4.69, 9.17) is 4.74 Å². The summed E-state index contributed by atoms with van der Waals surface area (Å²) in [4.78, 5) is 19.2. The zero-order chi connectivity index (χ0) is 26.3. The fraction of sp³-hybridized carbons (Fsp3) is 0.387. The maximum atomic E-state index is 14.1. The number of anilines is 1. The van der Waals surface area contributed by atoms with Crippen molar-refractivity contribution < 1.29 is 18.3 Å². The fourth-order valence-corrected chi connectivity index (χ4v) is 5.38. The number of rotatable bonds is 8. The van der Waals surface area contributed by atoms with Crippen LogP contribution in [0.1, 0.15) is 24.0 Å². The molecule has 2 fully saturated rings. The van der Waals surface area contributed by atoms with Crippen LogP contribution < -0.4 is 9.64 Å². The first-order valence-corrected chi connectivity index (χ1v) is 13.5. The number of amides is 1. The zero-order valence-electron chi connectivity index (χ0n) is 21.7. The molecule has 200 valence electrons. The number of piperazine rings is 1. The predicted octanol–water partition coefficient (Wildman–Crippen LogP) is 5.15. The van der Waals surface area contributed by atoms with E-state index in [2.05, 4.69) is 21.9 Å². The lowest BCUT2D eigenvalue weighted by Crippen LogP contribution is -2.46. The minimum atomic E-state index is -0.289. The maximum absolute atomic E-state index is 14.1. The van der Waals surface area contributed by atoms with Gasteiger partial charge in [-0.25, -0.2) is 8.78 Å². The fourth-order valence-electron chi connectivity index (χ4n) is 5.38. The van der Waals surface area contributed by atoms with Crippen molar-refractivity contribution in [2.24, 2.45) is 5.92 Å². The Hall–Kier alpha value is -3.45. The summed E-state index contributed by atoms with van der Waals surface area (Å²) in [6.07, 6.45) is 2.29. The molecule has 5 nitrogen and oxygen atoms in total. The van der Waals surface area contributed by atoms with Crippen LogP contribution in [0.15, 0.2) is 72.8 Å². The number of hydrogen-bond acceptors (Lipinski definition) is 4. The molecule has 2 aliphatic rings. The quantitative estimate of drug-likeness (QED) is 0.413. The Morgan fingerprint density at radius 2 is 1.66 bits per heavy atom. The van der Waals surface area contributed by atoms with Crippen LogP contribution in [0, 0.1) is 17.6 Å². The van der Waals surface area contributed by atoms with Gasteiger partial charge in [-0.15, -0.1) is 0 Å². The van der Waals surface area contributed by atoms with E-state index in [0.717, 1.165) is 63.4 Å². The third kappa shape index (κ3) is 6.90. The average Bonchev–Trinajstić information content (AvgIpc) is 2.94. The number of para-hydroxylation sites is 1. The molecule has 1 atom stereocenters. The molecular formula is C31H35F2N3O2. The van der Waals surface area contributed by atoms with Gasteiger partial charge in [-0.3, -0.25) is 9.69 Å². The normalized spacial score (nSPS) is 18.4. The monoisotopic (exact) mass is 519 g/mol. The Morgan fingerprint density at radius 1 is 0.868 bits per heavy atom. The van der Waals surface area contributed by atoms with Gasteiger partial charge in [-0.05, 0) is 60.4 Å². The summed E-state index contributed by atoms with van der Waals surface area (Å²) < 4.78 is 33.5. The lowest BCUT2D eigenvalue weighted by Gasteiger charge is -2.36. The molecule has 0 N–H and O–H groups in total. The number of benzene rings is 3. The van der Waals surface area contributed by atoms with Crippen LogP contribution in [0.25, 0.3) is 0 Å². The van der Waals surface area contributed by atoms with Crippen molar-refractivity contribution in [3.05, 3.63) is 95.6 Å². The molecule has 2 aliphatic heterocycles. The first kappa shape index (κ1) is 26.2. The number of carbonyl (C=O) groups excluding carboxylic acids is 1. The topological polar surface area (TPSA) is 36.0 Å². The molecule has 38 heavy (non-hydrogen) atoms. The van der Waals surface area contributed by atoms with Crippen LogP contribution in [0.2, 0.25) is 0 Å². The molecule has 7 heteroatoms. The Balaban J connectivity index is 1.08. The molecule has 0 aromatic heterocycles. The number of carbonyl (C=O) groups is 1. The maximum Gasteiger partial charge on any atom is 0.227 e. The van der Waals surface area contributed by atoms with Gasteiger partial charge in [0.2, 0.25) is 5.91 Å². The summed E-state index contributed by atoms with van der Waals surface area (Å²) in [5.74, 6) is 0.767. The van der Waals surface area contributed by atoms with Crippen molar-refractivity contribution in [2.75, 3.05) is 50.8 Å². The third-order valence-electron chi connectivity index (χ3n) is 7.50. The van der Waals surface area contributed by atoms with Gasteiger partial charge in [0.1, 0.15) is 17.4 Å². The Kier molecular flexibility index (Phi) is 8.54. The second-order valence-corrected chi connectivity index (χ2v) is 10.3. The van der Waals surface area contributed by atoms with E-state index in [-0.39, 0.29) is 23.5 Å². The number of piperidine rings is 1. The van der Waals surface area contributed by atoms with Crippen molar-refractivity contribution in [1.29, 1.82) is 0 Å². The lowest BCUT2D eigenvalue weighted by molar-refractivity contribution is -0.132. The summed E-state index contributed by atoms with van der Waals surface area (Å²) in [5.41, 5.74) is 2.71. The smallest absolute Gasteiger partial charge is 0.227 e. The van der Waals surface area contributed by atoms with Gasteiger partial charge >= 0.3 is 0 Å². The number of halogens is 2. The van der Waals surface area contributed by atoms with E-state index in [1.165, 1.54) is 23.8 Å². The van der Waals surface area contributed by atoms with Crippen molar-refractivity contribution in [1.82, 2.24) is 9.80 Å². The van der Waals surface area contributed by atoms with Crippen LogP contribution in [0.4, 0.5) is 14.5 Å². The van der Waals surface area contributed by atoms with Crippen molar-refractivity contribution in [3.8, 4) is 5.75 Å². The van der Waals surface area contributed by atoms with E-state index in [1.54, 1.807) is 18.2 Å². The van der Waals surface area contributed by atoms with Gasteiger partial charge in [0.05, 0.1) is 18.7 Å². The molecule has 1 amide bonds. The van der Waals surface area contributed by atoms with Gasteiger partial charge in [0, 0.05) is 51.7 Å². The van der Waals surface area contributed by atoms with Crippen molar-refractivity contribution in [3.63, 3.8) is 0 Å². The summed E-state index contributed by atoms with van der Waals surface area (Å²) in [6, 6.07) is 21.3. The standard InChI is InChI=1S/C31H35F2N3O2/c32-27-12-10-24(11-13-27)20-31(37)36-14-4-6-26(22-36)23-38-28-7-3-5-25(19-28)21-34-15-17-35(18-16-34)30-9-2-1-8-29(30)33/h1-3,5,7-13,19,26H,4,6,14-18,20-23H2. The molecular weight excluding hydrogens is 484 g/mol. The molecule has 5 rings (SSSR count). The summed E-state index contributed by atoms with van der Waals surface area (Å²) in [6.45, 7) is 6.21. The predicted molar refractivity (Wildman–Crippen MR) is 145 cm³/mol. The highest BCUT2D eigenvalue weighted by atomic mass is 19.1. The SMILES string of the molecule is O=C(Cc1ccc(F)cc1)N1CCCC(COc2cccc(CN3CCN(c4ccccc4F)CC3)c2)C1. The molecule has 0 bridgehead atoms. The molecule has 0 radical (unpaired) electrons. The second-order valence-electron chi connectivity index (χ2n) is 10.3. The Morgan fingerprint density at radius 3 is 2.45 bits per heavy atom. The van der Waals surface area contributed by atoms with E-state index in [0.29, 0.717) is 25.3 Å². The zero-order valence-corrected chi connectivity index (χ0v) is 21.7. The van der Waals surface area contributed by atoms with Crippen LogP contribution in [-0.2, 0) is 17.8 Å². The van der Waals surface area contributed by atoms with Crippen LogP contribution in [0.3, 0.4) is 0 Å². The van der Waals surface area contributed by atoms with Gasteiger partial charge in [-0.1, -0.05) is 36.4 Å². The number of ether oxygens (including phenoxy) is 1. The van der Waals surface area contributed by atoms with Crippen LogP contribution >= 0.6 is 0 Å². The van der Waals surface area contributed by atoms with Crippen molar-refractivity contribution in [2.45, 2.75) is 25.8 Å². The molecule has 3 aromatic rings. The van der Waals surface area contributed by atoms with Gasteiger partial charge < -0.3 is 14.5 Å². The molecule has 0 spiro atoms.